The molecular weight excluding hydrogens is 298 g/mol. The van der Waals surface area contributed by atoms with Crippen LogP contribution < -0.4 is 5.32 Å². The van der Waals surface area contributed by atoms with E-state index in [1.807, 2.05) is 48.5 Å². The predicted octanol–water partition coefficient (Wildman–Crippen LogP) is 4.09. The van der Waals surface area contributed by atoms with Crippen molar-refractivity contribution in [2.75, 3.05) is 11.9 Å². The number of hydrogen-bond acceptors (Lipinski definition) is 3. The molecule has 0 bridgehead atoms. The summed E-state index contributed by atoms with van der Waals surface area (Å²) in [4.78, 5) is 12.9. The Labute approximate surface area is 134 Å². The van der Waals surface area contributed by atoms with E-state index in [0.717, 1.165) is 23.2 Å². The highest BCUT2D eigenvalue weighted by Crippen LogP contribution is 2.45. The number of carbonyl (C=O) groups excluding carboxylic acids is 1. The summed E-state index contributed by atoms with van der Waals surface area (Å²) in [6.07, 6.45) is 0.833. The molecule has 0 spiro atoms. The Morgan fingerprint density at radius 1 is 1.18 bits per heavy atom. The number of rotatable bonds is 2. The number of benzene rings is 2. The average Bonchev–Trinajstić information content (AvgIpc) is 3.04. The Hall–Kier alpha value is -1.84. The Morgan fingerprint density at radius 2 is 2.00 bits per heavy atom. The number of anilines is 1. The number of Topliss-reactive ketones (excluding diaryl/α,β-unsaturated/α-hetero) is 1. The standard InChI is InChI=1S/C18H16ClNO2/c19-12-6-7-15-14(10-12)18-13(8-9-22-18)16(20-15)17(21)11-4-2-1-3-5-11/h1-7,10,13,16,18,20H,8-9H2/t13-,16+,18-/m1/s1. The van der Waals surface area contributed by atoms with Crippen LogP contribution in [-0.2, 0) is 4.74 Å². The van der Waals surface area contributed by atoms with E-state index in [9.17, 15) is 4.79 Å². The van der Waals surface area contributed by atoms with Crippen molar-refractivity contribution in [2.24, 2.45) is 5.92 Å². The fraction of sp³-hybridized carbons (Fsp3) is 0.278. The molecule has 4 rings (SSSR count). The topological polar surface area (TPSA) is 38.3 Å². The van der Waals surface area contributed by atoms with Crippen molar-refractivity contribution in [1.82, 2.24) is 0 Å². The molecule has 0 saturated carbocycles. The van der Waals surface area contributed by atoms with E-state index >= 15 is 0 Å². The molecule has 2 aromatic rings. The van der Waals surface area contributed by atoms with Gasteiger partial charge in [0.15, 0.2) is 5.78 Å². The van der Waals surface area contributed by atoms with Crippen LogP contribution in [-0.4, -0.2) is 18.4 Å². The molecule has 2 aliphatic heterocycles. The molecule has 0 radical (unpaired) electrons. The van der Waals surface area contributed by atoms with Gasteiger partial charge in [-0.3, -0.25) is 4.79 Å². The maximum Gasteiger partial charge on any atom is 0.185 e. The van der Waals surface area contributed by atoms with Crippen LogP contribution in [0.2, 0.25) is 5.02 Å². The zero-order chi connectivity index (χ0) is 15.1. The third-order valence-electron chi connectivity index (χ3n) is 4.54. The number of halogens is 1. The molecule has 0 unspecified atom stereocenters. The third-order valence-corrected chi connectivity index (χ3v) is 4.77. The van der Waals surface area contributed by atoms with Gasteiger partial charge in [0.25, 0.3) is 0 Å². The minimum absolute atomic E-state index is 0.0485. The lowest BCUT2D eigenvalue weighted by atomic mass is 9.81. The highest BCUT2D eigenvalue weighted by molar-refractivity contribution is 6.30. The molecule has 1 fully saturated rings. The lowest BCUT2D eigenvalue weighted by Crippen LogP contribution is -2.42. The summed E-state index contributed by atoms with van der Waals surface area (Å²) >= 11 is 6.11. The summed E-state index contributed by atoms with van der Waals surface area (Å²) in [5, 5.41) is 4.10. The van der Waals surface area contributed by atoms with Gasteiger partial charge in [0.05, 0.1) is 12.1 Å². The van der Waals surface area contributed by atoms with Crippen LogP contribution in [0.15, 0.2) is 48.5 Å². The van der Waals surface area contributed by atoms with Crippen molar-refractivity contribution >= 4 is 23.1 Å². The number of fused-ring (bicyclic) bond motifs is 3. The van der Waals surface area contributed by atoms with Gasteiger partial charge in [0, 0.05) is 34.4 Å². The highest BCUT2D eigenvalue weighted by Gasteiger charge is 2.43. The Bertz CT molecular complexity index is 716. The normalized spacial score (nSPS) is 26.0. The average molecular weight is 314 g/mol. The lowest BCUT2D eigenvalue weighted by molar-refractivity contribution is 0.0726. The number of nitrogens with one attached hydrogen (secondary N) is 1. The first kappa shape index (κ1) is 13.8. The first-order valence-corrected chi connectivity index (χ1v) is 7.89. The maximum atomic E-state index is 12.9. The molecule has 2 heterocycles. The van der Waals surface area contributed by atoms with Crippen LogP contribution in [0.5, 0.6) is 0 Å². The van der Waals surface area contributed by atoms with Gasteiger partial charge in [-0.25, -0.2) is 0 Å². The molecule has 0 aromatic heterocycles. The second-order valence-corrected chi connectivity index (χ2v) is 6.26. The molecule has 3 atom stereocenters. The van der Waals surface area contributed by atoms with Crippen LogP contribution in [0.3, 0.4) is 0 Å². The Balaban J connectivity index is 1.73. The van der Waals surface area contributed by atoms with Crippen molar-refractivity contribution in [1.29, 1.82) is 0 Å². The van der Waals surface area contributed by atoms with Gasteiger partial charge in [-0.2, -0.15) is 0 Å². The van der Waals surface area contributed by atoms with Crippen molar-refractivity contribution in [3.05, 3.63) is 64.7 Å². The second kappa shape index (κ2) is 5.41. The van der Waals surface area contributed by atoms with Crippen LogP contribution in [0.1, 0.15) is 28.4 Å². The van der Waals surface area contributed by atoms with Crippen LogP contribution >= 0.6 is 11.6 Å². The summed E-state index contributed by atoms with van der Waals surface area (Å²) in [7, 11) is 0. The third kappa shape index (κ3) is 2.21. The van der Waals surface area contributed by atoms with Gasteiger partial charge >= 0.3 is 0 Å². The van der Waals surface area contributed by atoms with Crippen molar-refractivity contribution in [3.8, 4) is 0 Å². The summed E-state index contributed by atoms with van der Waals surface area (Å²) in [5.74, 6) is 0.278. The van der Waals surface area contributed by atoms with Gasteiger partial charge in [0.2, 0.25) is 0 Å². The highest BCUT2D eigenvalue weighted by atomic mass is 35.5. The molecule has 2 aliphatic rings. The molecule has 1 N–H and O–H groups in total. The number of ether oxygens (including phenoxy) is 1. The minimum Gasteiger partial charge on any atom is -0.374 e. The van der Waals surface area contributed by atoms with E-state index in [4.69, 9.17) is 16.3 Å². The van der Waals surface area contributed by atoms with Gasteiger partial charge in [-0.15, -0.1) is 0 Å². The minimum atomic E-state index is -0.247. The Morgan fingerprint density at radius 3 is 2.82 bits per heavy atom. The van der Waals surface area contributed by atoms with E-state index in [2.05, 4.69) is 5.32 Å². The van der Waals surface area contributed by atoms with E-state index in [-0.39, 0.29) is 23.8 Å². The summed E-state index contributed by atoms with van der Waals surface area (Å²) in [6.45, 7) is 0.682. The van der Waals surface area contributed by atoms with Crippen molar-refractivity contribution < 1.29 is 9.53 Å². The number of ketones is 1. The zero-order valence-electron chi connectivity index (χ0n) is 12.0. The second-order valence-electron chi connectivity index (χ2n) is 5.83. The summed E-state index contributed by atoms with van der Waals surface area (Å²) in [5.41, 5.74) is 2.75. The zero-order valence-corrected chi connectivity index (χ0v) is 12.7. The molecule has 0 amide bonds. The molecule has 112 valence electrons. The molecular formula is C18H16ClNO2. The smallest absolute Gasteiger partial charge is 0.185 e. The van der Waals surface area contributed by atoms with Gasteiger partial charge in [-0.05, 0) is 24.6 Å². The van der Waals surface area contributed by atoms with Crippen LogP contribution in [0.4, 0.5) is 5.69 Å². The van der Waals surface area contributed by atoms with Gasteiger partial charge < -0.3 is 10.1 Å². The lowest BCUT2D eigenvalue weighted by Gasteiger charge is -2.35. The molecule has 22 heavy (non-hydrogen) atoms. The van der Waals surface area contributed by atoms with Crippen molar-refractivity contribution in [2.45, 2.75) is 18.6 Å². The van der Waals surface area contributed by atoms with E-state index in [1.54, 1.807) is 0 Å². The van der Waals surface area contributed by atoms with Gasteiger partial charge in [-0.1, -0.05) is 41.9 Å². The fourth-order valence-corrected chi connectivity index (χ4v) is 3.67. The quantitative estimate of drug-likeness (QED) is 0.848. The fourth-order valence-electron chi connectivity index (χ4n) is 3.48. The SMILES string of the molecule is O=C(c1ccccc1)[C@H]1Nc2ccc(Cl)cc2[C@@H]2OCC[C@H]12. The number of hydrogen-bond donors (Lipinski definition) is 1. The predicted molar refractivity (Wildman–Crippen MR) is 86.4 cm³/mol. The molecule has 2 aromatic carbocycles. The number of carbonyl (C=O) groups is 1. The summed E-state index contributed by atoms with van der Waals surface area (Å²) in [6, 6.07) is 14.9. The van der Waals surface area contributed by atoms with E-state index in [0.29, 0.717) is 11.6 Å². The van der Waals surface area contributed by atoms with E-state index < -0.39 is 0 Å². The van der Waals surface area contributed by atoms with Crippen LogP contribution in [0.25, 0.3) is 0 Å². The van der Waals surface area contributed by atoms with Crippen LogP contribution in [0, 0.1) is 5.92 Å². The maximum absolute atomic E-state index is 12.9. The van der Waals surface area contributed by atoms with Crippen molar-refractivity contribution in [3.63, 3.8) is 0 Å². The Kier molecular flexibility index (Phi) is 3.40. The first-order chi connectivity index (χ1) is 10.7. The molecule has 0 aliphatic carbocycles. The monoisotopic (exact) mass is 313 g/mol. The molecule has 3 nitrogen and oxygen atoms in total. The molecule has 1 saturated heterocycles. The first-order valence-electron chi connectivity index (χ1n) is 7.51. The van der Waals surface area contributed by atoms with Gasteiger partial charge in [0.1, 0.15) is 0 Å². The largest absolute Gasteiger partial charge is 0.374 e. The van der Waals surface area contributed by atoms with E-state index in [1.165, 1.54) is 0 Å². The summed E-state index contributed by atoms with van der Waals surface area (Å²) < 4.78 is 5.90. The molecule has 4 heteroatoms.